The molecule has 0 N–H and O–H groups in total. The number of hydrogen-bond donors (Lipinski definition) is 0. The van der Waals surface area contributed by atoms with Gasteiger partial charge < -0.3 is 0 Å². The van der Waals surface area contributed by atoms with Crippen molar-refractivity contribution in [1.29, 1.82) is 0 Å². The molecule has 0 spiro atoms. The largest absolute Gasteiger partial charge is 0.287 e. The minimum absolute atomic E-state index is 0.210. The summed E-state index contributed by atoms with van der Waals surface area (Å²) in [6, 6.07) is 5.01. The summed E-state index contributed by atoms with van der Waals surface area (Å²) in [6.07, 6.45) is 0. The van der Waals surface area contributed by atoms with Crippen molar-refractivity contribution in [3.05, 3.63) is 33.1 Å². The first kappa shape index (κ1) is 11.6. The van der Waals surface area contributed by atoms with E-state index in [-0.39, 0.29) is 11.9 Å². The second kappa shape index (κ2) is 4.87. The van der Waals surface area contributed by atoms with Gasteiger partial charge in [-0.3, -0.25) is 4.99 Å². The van der Waals surface area contributed by atoms with Gasteiger partial charge in [0.05, 0.1) is 0 Å². The molecule has 0 aliphatic rings. The SMILES string of the molecule is CC(=NC(C)C)c1cc(F)ccc1I. The third-order valence-electron chi connectivity index (χ3n) is 1.77. The Morgan fingerprint density at radius 1 is 1.43 bits per heavy atom. The lowest BCUT2D eigenvalue weighted by atomic mass is 10.1. The van der Waals surface area contributed by atoms with Crippen molar-refractivity contribution in [2.24, 2.45) is 4.99 Å². The van der Waals surface area contributed by atoms with Gasteiger partial charge in [0.1, 0.15) is 5.82 Å². The molecule has 1 nitrogen and oxygen atoms in total. The standard InChI is InChI=1S/C11H13FIN/c1-7(2)14-8(3)10-6-9(12)4-5-11(10)13/h4-7H,1-3H3. The third-order valence-corrected chi connectivity index (χ3v) is 2.71. The molecular formula is C11H13FIN. The summed E-state index contributed by atoms with van der Waals surface area (Å²) in [5.74, 6) is -0.210. The molecule has 0 aliphatic carbocycles. The second-order valence-corrected chi connectivity index (χ2v) is 4.59. The van der Waals surface area contributed by atoms with Gasteiger partial charge in [-0.15, -0.1) is 0 Å². The van der Waals surface area contributed by atoms with Gasteiger partial charge in [0.15, 0.2) is 0 Å². The molecule has 1 aromatic rings. The predicted molar refractivity (Wildman–Crippen MR) is 66.5 cm³/mol. The summed E-state index contributed by atoms with van der Waals surface area (Å²) in [5.41, 5.74) is 1.78. The molecular weight excluding hydrogens is 292 g/mol. The maximum atomic E-state index is 13.0. The lowest BCUT2D eigenvalue weighted by Gasteiger charge is -2.06. The first-order chi connectivity index (χ1) is 6.50. The number of rotatable bonds is 2. The highest BCUT2D eigenvalue weighted by molar-refractivity contribution is 14.1. The average Bonchev–Trinajstić information content (AvgIpc) is 2.08. The molecule has 0 bridgehead atoms. The highest BCUT2D eigenvalue weighted by atomic mass is 127. The molecule has 0 saturated carbocycles. The Morgan fingerprint density at radius 3 is 2.64 bits per heavy atom. The molecule has 0 unspecified atom stereocenters. The smallest absolute Gasteiger partial charge is 0.123 e. The summed E-state index contributed by atoms with van der Waals surface area (Å²) in [4.78, 5) is 4.39. The quantitative estimate of drug-likeness (QED) is 0.584. The van der Waals surface area contributed by atoms with Crippen LogP contribution < -0.4 is 0 Å². The van der Waals surface area contributed by atoms with Crippen LogP contribution in [0, 0.1) is 9.39 Å². The Balaban J connectivity index is 3.12. The van der Waals surface area contributed by atoms with E-state index in [4.69, 9.17) is 0 Å². The van der Waals surface area contributed by atoms with Gasteiger partial charge in [-0.2, -0.15) is 0 Å². The van der Waals surface area contributed by atoms with Crippen LogP contribution in [0.15, 0.2) is 23.2 Å². The van der Waals surface area contributed by atoms with E-state index < -0.39 is 0 Å². The van der Waals surface area contributed by atoms with Crippen LogP contribution in [0.2, 0.25) is 0 Å². The summed E-state index contributed by atoms with van der Waals surface area (Å²) in [6.45, 7) is 5.93. The maximum Gasteiger partial charge on any atom is 0.123 e. The molecule has 0 amide bonds. The second-order valence-electron chi connectivity index (χ2n) is 3.43. The van der Waals surface area contributed by atoms with Crippen LogP contribution in [0.5, 0.6) is 0 Å². The molecule has 76 valence electrons. The fourth-order valence-corrected chi connectivity index (χ4v) is 1.96. The maximum absolute atomic E-state index is 13.0. The Bertz CT molecular complexity index is 358. The van der Waals surface area contributed by atoms with Crippen LogP contribution >= 0.6 is 22.6 Å². The first-order valence-electron chi connectivity index (χ1n) is 4.50. The van der Waals surface area contributed by atoms with Gasteiger partial charge in [-0.05, 0) is 61.6 Å². The fourth-order valence-electron chi connectivity index (χ4n) is 1.23. The third kappa shape index (κ3) is 3.04. The van der Waals surface area contributed by atoms with E-state index in [0.29, 0.717) is 0 Å². The van der Waals surface area contributed by atoms with Gasteiger partial charge in [-0.1, -0.05) is 0 Å². The van der Waals surface area contributed by atoms with E-state index in [0.717, 1.165) is 14.8 Å². The number of aliphatic imine (C=N–C) groups is 1. The van der Waals surface area contributed by atoms with E-state index >= 15 is 0 Å². The number of benzene rings is 1. The minimum Gasteiger partial charge on any atom is -0.287 e. The van der Waals surface area contributed by atoms with E-state index in [9.17, 15) is 4.39 Å². The van der Waals surface area contributed by atoms with E-state index in [1.54, 1.807) is 6.07 Å². The van der Waals surface area contributed by atoms with Crippen LogP contribution in [0.4, 0.5) is 4.39 Å². The molecule has 0 radical (unpaired) electrons. The van der Waals surface area contributed by atoms with Gasteiger partial charge in [0.2, 0.25) is 0 Å². The van der Waals surface area contributed by atoms with Gasteiger partial charge in [0, 0.05) is 20.9 Å². The Labute approximate surface area is 97.6 Å². The minimum atomic E-state index is -0.210. The topological polar surface area (TPSA) is 12.4 Å². The fraction of sp³-hybridized carbons (Fsp3) is 0.364. The lowest BCUT2D eigenvalue weighted by molar-refractivity contribution is 0.627. The number of halogens is 2. The van der Waals surface area contributed by atoms with Gasteiger partial charge in [0.25, 0.3) is 0 Å². The van der Waals surface area contributed by atoms with Crippen molar-refractivity contribution in [3.8, 4) is 0 Å². The Morgan fingerprint density at radius 2 is 2.07 bits per heavy atom. The zero-order valence-electron chi connectivity index (χ0n) is 8.51. The van der Waals surface area contributed by atoms with Gasteiger partial charge in [-0.25, -0.2) is 4.39 Å². The highest BCUT2D eigenvalue weighted by Crippen LogP contribution is 2.15. The van der Waals surface area contributed by atoms with Crippen LogP contribution in [-0.4, -0.2) is 11.8 Å². The molecule has 0 aromatic heterocycles. The molecule has 0 fully saturated rings. The van der Waals surface area contributed by atoms with Crippen LogP contribution in [-0.2, 0) is 0 Å². The zero-order chi connectivity index (χ0) is 10.7. The Hall–Kier alpha value is -0.450. The number of hydrogen-bond acceptors (Lipinski definition) is 1. The first-order valence-corrected chi connectivity index (χ1v) is 5.58. The van der Waals surface area contributed by atoms with Crippen molar-refractivity contribution < 1.29 is 4.39 Å². The Kier molecular flexibility index (Phi) is 4.04. The molecule has 0 atom stereocenters. The van der Waals surface area contributed by atoms with Crippen molar-refractivity contribution >= 4 is 28.3 Å². The van der Waals surface area contributed by atoms with E-state index in [1.807, 2.05) is 20.8 Å². The van der Waals surface area contributed by atoms with Crippen molar-refractivity contribution in [1.82, 2.24) is 0 Å². The summed E-state index contributed by atoms with van der Waals surface area (Å²) in [7, 11) is 0. The monoisotopic (exact) mass is 305 g/mol. The number of nitrogens with zero attached hydrogens (tertiary/aromatic N) is 1. The average molecular weight is 305 g/mol. The predicted octanol–water partition coefficient (Wildman–Crippen LogP) is 3.65. The van der Waals surface area contributed by atoms with Crippen LogP contribution in [0.1, 0.15) is 26.3 Å². The van der Waals surface area contributed by atoms with Crippen LogP contribution in [0.3, 0.4) is 0 Å². The summed E-state index contributed by atoms with van der Waals surface area (Å²) < 4.78 is 14.0. The molecule has 1 rings (SSSR count). The molecule has 1 aromatic carbocycles. The summed E-state index contributed by atoms with van der Waals surface area (Å²) in [5, 5.41) is 0. The van der Waals surface area contributed by atoms with E-state index in [1.165, 1.54) is 12.1 Å². The molecule has 3 heteroatoms. The zero-order valence-corrected chi connectivity index (χ0v) is 10.7. The lowest BCUT2D eigenvalue weighted by Crippen LogP contribution is -2.03. The molecule has 0 heterocycles. The van der Waals surface area contributed by atoms with Crippen molar-refractivity contribution in [3.63, 3.8) is 0 Å². The van der Waals surface area contributed by atoms with Crippen LogP contribution in [0.25, 0.3) is 0 Å². The normalized spacial score (nSPS) is 12.3. The van der Waals surface area contributed by atoms with Crippen molar-refractivity contribution in [2.75, 3.05) is 0 Å². The van der Waals surface area contributed by atoms with Gasteiger partial charge >= 0.3 is 0 Å². The molecule has 0 aliphatic heterocycles. The van der Waals surface area contributed by atoms with Crippen molar-refractivity contribution in [2.45, 2.75) is 26.8 Å². The van der Waals surface area contributed by atoms with E-state index in [2.05, 4.69) is 27.6 Å². The molecule has 14 heavy (non-hydrogen) atoms. The summed E-state index contributed by atoms with van der Waals surface area (Å²) >= 11 is 2.19. The highest BCUT2D eigenvalue weighted by Gasteiger charge is 2.05. The molecule has 0 saturated heterocycles.